The van der Waals surface area contributed by atoms with Gasteiger partial charge in [0.25, 0.3) is 0 Å². The second kappa shape index (κ2) is 11.8. The molecule has 0 fully saturated rings. The maximum absolute atomic E-state index is 11.9. The minimum absolute atomic E-state index is 0.508. The van der Waals surface area contributed by atoms with E-state index in [1.165, 1.54) is 0 Å². The highest BCUT2D eigenvalue weighted by atomic mass is 35.5. The molecule has 150 valence electrons. The third kappa shape index (κ3) is 8.81. The lowest BCUT2D eigenvalue weighted by atomic mass is 10.2. The van der Waals surface area contributed by atoms with E-state index < -0.39 is 14.8 Å². The summed E-state index contributed by atoms with van der Waals surface area (Å²) in [5.74, 6) is 1.81. The zero-order valence-corrected chi connectivity index (χ0v) is 18.9. The summed E-state index contributed by atoms with van der Waals surface area (Å²) in [6, 6.07) is 5.58. The van der Waals surface area contributed by atoms with E-state index in [1.54, 1.807) is 32.5 Å². The van der Waals surface area contributed by atoms with Gasteiger partial charge in [-0.3, -0.25) is 0 Å². The van der Waals surface area contributed by atoms with Crippen LogP contribution in [0.2, 0.25) is 10.0 Å². The maximum Gasteiger partial charge on any atom is 0.216 e. The van der Waals surface area contributed by atoms with Gasteiger partial charge in [-0.1, -0.05) is 35.7 Å². The van der Waals surface area contributed by atoms with Crippen LogP contribution in [0.25, 0.3) is 0 Å². The van der Waals surface area contributed by atoms with Crippen molar-refractivity contribution in [1.29, 1.82) is 0 Å². The smallest absolute Gasteiger partial charge is 0.216 e. The minimum Gasteiger partial charge on any atom is -0.316 e. The van der Waals surface area contributed by atoms with Crippen molar-refractivity contribution in [3.05, 3.63) is 33.8 Å². The SMILES string of the molecule is CC(C)(C)S(=O)(=O)NCCCCCNCCSCc1c(Cl)cccc1Cl. The van der Waals surface area contributed by atoms with Gasteiger partial charge in [-0.05, 0) is 57.9 Å². The number of thioether (sulfide) groups is 1. The van der Waals surface area contributed by atoms with Crippen LogP contribution in [0.15, 0.2) is 18.2 Å². The van der Waals surface area contributed by atoms with Crippen molar-refractivity contribution < 1.29 is 8.42 Å². The number of hydrogen-bond donors (Lipinski definition) is 2. The summed E-state index contributed by atoms with van der Waals surface area (Å²) in [7, 11) is -3.22. The maximum atomic E-state index is 11.9. The van der Waals surface area contributed by atoms with Gasteiger partial charge in [-0.15, -0.1) is 0 Å². The van der Waals surface area contributed by atoms with Crippen molar-refractivity contribution in [2.24, 2.45) is 0 Å². The Labute approximate surface area is 172 Å². The Morgan fingerprint density at radius 2 is 1.62 bits per heavy atom. The first-order chi connectivity index (χ1) is 12.1. The summed E-state index contributed by atoms with van der Waals surface area (Å²) in [4.78, 5) is 0. The highest BCUT2D eigenvalue weighted by molar-refractivity contribution is 7.98. The number of sulfonamides is 1. The first kappa shape index (κ1) is 24.1. The molecule has 0 atom stereocenters. The zero-order valence-electron chi connectivity index (χ0n) is 15.8. The summed E-state index contributed by atoms with van der Waals surface area (Å²) in [6.07, 6.45) is 2.90. The second-order valence-electron chi connectivity index (χ2n) is 7.07. The molecule has 1 rings (SSSR count). The standard InChI is InChI=1S/C18H30Cl2N2O2S2/c1-18(2,3)26(23,24)22-11-6-4-5-10-21-12-13-25-14-15-16(19)8-7-9-17(15)20/h7-9,21-22H,4-6,10-14H2,1-3H3. The first-order valence-corrected chi connectivity index (χ1v) is 12.2. The van der Waals surface area contributed by atoms with Crippen LogP contribution in [0.5, 0.6) is 0 Å². The topological polar surface area (TPSA) is 58.2 Å². The molecule has 0 unspecified atom stereocenters. The molecule has 0 saturated carbocycles. The van der Waals surface area contributed by atoms with Gasteiger partial charge >= 0.3 is 0 Å². The number of nitrogens with one attached hydrogen (secondary N) is 2. The van der Waals surface area contributed by atoms with E-state index >= 15 is 0 Å². The van der Waals surface area contributed by atoms with Crippen LogP contribution in [0.3, 0.4) is 0 Å². The Balaban J connectivity index is 2.00. The van der Waals surface area contributed by atoms with Crippen molar-refractivity contribution in [1.82, 2.24) is 10.0 Å². The molecule has 0 saturated heterocycles. The molecule has 0 aliphatic rings. The molecule has 0 aliphatic heterocycles. The molecule has 8 heteroatoms. The minimum atomic E-state index is -3.22. The number of hydrogen-bond acceptors (Lipinski definition) is 4. The molecule has 0 heterocycles. The number of rotatable bonds is 12. The second-order valence-corrected chi connectivity index (χ2v) is 11.5. The quantitative estimate of drug-likeness (QED) is 0.462. The van der Waals surface area contributed by atoms with Crippen LogP contribution in [-0.2, 0) is 15.8 Å². The third-order valence-electron chi connectivity index (χ3n) is 3.86. The van der Waals surface area contributed by atoms with Crippen LogP contribution in [-0.4, -0.2) is 38.6 Å². The van der Waals surface area contributed by atoms with E-state index in [0.717, 1.165) is 59.5 Å². The van der Waals surface area contributed by atoms with Crippen LogP contribution in [0, 0.1) is 0 Å². The van der Waals surface area contributed by atoms with Gasteiger partial charge in [0.1, 0.15) is 0 Å². The van der Waals surface area contributed by atoms with Crippen molar-refractivity contribution in [3.63, 3.8) is 0 Å². The molecule has 1 aromatic rings. The van der Waals surface area contributed by atoms with Gasteiger partial charge in [-0.25, -0.2) is 13.1 Å². The average molecular weight is 441 g/mol. The van der Waals surface area contributed by atoms with Crippen molar-refractivity contribution >= 4 is 45.0 Å². The molecule has 4 nitrogen and oxygen atoms in total. The lowest BCUT2D eigenvalue weighted by molar-refractivity contribution is 0.538. The van der Waals surface area contributed by atoms with E-state index in [4.69, 9.17) is 23.2 Å². The Kier molecular flexibility index (Phi) is 10.9. The molecule has 1 aromatic carbocycles. The lowest BCUT2D eigenvalue weighted by Gasteiger charge is -2.19. The van der Waals surface area contributed by atoms with Gasteiger partial charge < -0.3 is 5.32 Å². The van der Waals surface area contributed by atoms with Crippen molar-refractivity contribution in [3.8, 4) is 0 Å². The Morgan fingerprint density at radius 1 is 1.00 bits per heavy atom. The van der Waals surface area contributed by atoms with Gasteiger partial charge in [-0.2, -0.15) is 11.8 Å². The molecule has 0 spiro atoms. The van der Waals surface area contributed by atoms with Gasteiger partial charge in [0.2, 0.25) is 10.0 Å². The van der Waals surface area contributed by atoms with Crippen LogP contribution < -0.4 is 10.0 Å². The van der Waals surface area contributed by atoms with Gasteiger partial charge in [0.15, 0.2) is 0 Å². The average Bonchev–Trinajstić information content (AvgIpc) is 2.53. The predicted octanol–water partition coefficient (Wildman–Crippen LogP) is 4.70. The number of unbranched alkanes of at least 4 members (excludes halogenated alkanes) is 2. The third-order valence-corrected chi connectivity index (χ3v) is 7.75. The normalized spacial score (nSPS) is 12.5. The molecular formula is C18H30Cl2N2O2S2. The Morgan fingerprint density at radius 3 is 2.23 bits per heavy atom. The predicted molar refractivity (Wildman–Crippen MR) is 116 cm³/mol. The molecular weight excluding hydrogens is 411 g/mol. The Bertz CT molecular complexity index is 627. The molecule has 26 heavy (non-hydrogen) atoms. The highest BCUT2D eigenvalue weighted by Gasteiger charge is 2.27. The van der Waals surface area contributed by atoms with Gasteiger partial charge in [0, 0.05) is 34.6 Å². The Hall–Kier alpha value is 0.0200. The van der Waals surface area contributed by atoms with Crippen LogP contribution in [0.4, 0.5) is 0 Å². The van der Waals surface area contributed by atoms with E-state index in [-0.39, 0.29) is 0 Å². The van der Waals surface area contributed by atoms with E-state index in [1.807, 2.05) is 18.2 Å². The lowest BCUT2D eigenvalue weighted by Crippen LogP contribution is -2.39. The zero-order chi connectivity index (χ0) is 19.6. The summed E-state index contributed by atoms with van der Waals surface area (Å²) in [6.45, 7) is 7.50. The van der Waals surface area contributed by atoms with E-state index in [2.05, 4.69) is 10.0 Å². The largest absolute Gasteiger partial charge is 0.316 e. The monoisotopic (exact) mass is 440 g/mol. The fourth-order valence-electron chi connectivity index (χ4n) is 2.09. The summed E-state index contributed by atoms with van der Waals surface area (Å²) < 4.78 is 25.7. The summed E-state index contributed by atoms with van der Waals surface area (Å²) >= 11 is 14.1. The highest BCUT2D eigenvalue weighted by Crippen LogP contribution is 2.27. The van der Waals surface area contributed by atoms with Crippen molar-refractivity contribution in [2.75, 3.05) is 25.4 Å². The number of benzene rings is 1. The molecule has 0 aromatic heterocycles. The van der Waals surface area contributed by atoms with Crippen LogP contribution >= 0.6 is 35.0 Å². The number of halogens is 2. The first-order valence-electron chi connectivity index (χ1n) is 8.86. The fourth-order valence-corrected chi connectivity index (χ4v) is 4.57. The fraction of sp³-hybridized carbons (Fsp3) is 0.667. The van der Waals surface area contributed by atoms with E-state index in [0.29, 0.717) is 6.54 Å². The molecule has 2 N–H and O–H groups in total. The molecule has 0 radical (unpaired) electrons. The summed E-state index contributed by atoms with van der Waals surface area (Å²) in [5, 5.41) is 4.85. The van der Waals surface area contributed by atoms with Crippen molar-refractivity contribution in [2.45, 2.75) is 50.5 Å². The van der Waals surface area contributed by atoms with Gasteiger partial charge in [0.05, 0.1) is 4.75 Å². The molecule has 0 bridgehead atoms. The molecule has 0 amide bonds. The summed E-state index contributed by atoms with van der Waals surface area (Å²) in [5.41, 5.74) is 0.999. The van der Waals surface area contributed by atoms with E-state index in [9.17, 15) is 8.42 Å². The molecule has 0 aliphatic carbocycles. The van der Waals surface area contributed by atoms with Crippen LogP contribution in [0.1, 0.15) is 45.6 Å².